The normalized spacial score (nSPS) is 23.1. The van der Waals surface area contributed by atoms with Crippen LogP contribution < -0.4 is 11.1 Å². The van der Waals surface area contributed by atoms with Gasteiger partial charge in [0.15, 0.2) is 0 Å². The smallest absolute Gasteiger partial charge is 0.234 e. The van der Waals surface area contributed by atoms with Gasteiger partial charge in [-0.25, -0.2) is 0 Å². The van der Waals surface area contributed by atoms with Gasteiger partial charge in [0.1, 0.15) is 0 Å². The summed E-state index contributed by atoms with van der Waals surface area (Å²) in [6.07, 6.45) is 9.93. The summed E-state index contributed by atoms with van der Waals surface area (Å²) in [5, 5.41) is 3.05. The van der Waals surface area contributed by atoms with Gasteiger partial charge in [-0.15, -0.1) is 0 Å². The molecule has 0 aliphatic heterocycles. The highest BCUT2D eigenvalue weighted by atomic mass is 16.2. The van der Waals surface area contributed by atoms with E-state index in [4.69, 9.17) is 5.73 Å². The number of likely N-dealkylation sites (N-methyl/N-ethyl adjacent to an activating group) is 1. The Hall–Kier alpha value is -0.610. The molecule has 0 atom stereocenters. The van der Waals surface area contributed by atoms with Crippen LogP contribution in [0, 0.1) is 5.92 Å². The number of nitrogens with zero attached hydrogens (tertiary/aromatic N) is 1. The van der Waals surface area contributed by atoms with Crippen LogP contribution in [0.4, 0.5) is 0 Å². The molecule has 2 saturated carbocycles. The summed E-state index contributed by atoms with van der Waals surface area (Å²) in [6.45, 7) is 2.02. The fraction of sp³-hybridized carbons (Fsp3) is 0.933. The number of rotatable bonds is 6. The lowest BCUT2D eigenvalue weighted by atomic mass is 9.88. The van der Waals surface area contributed by atoms with Crippen molar-refractivity contribution in [1.29, 1.82) is 0 Å². The van der Waals surface area contributed by atoms with Crippen LogP contribution in [-0.2, 0) is 4.79 Å². The number of carbonyl (C=O) groups excluding carboxylic acids is 1. The topological polar surface area (TPSA) is 58.4 Å². The summed E-state index contributed by atoms with van der Waals surface area (Å²) in [7, 11) is 2.06. The van der Waals surface area contributed by atoms with Gasteiger partial charge in [0.05, 0.1) is 6.54 Å². The zero-order valence-electron chi connectivity index (χ0n) is 12.3. The summed E-state index contributed by atoms with van der Waals surface area (Å²) < 4.78 is 0. The van der Waals surface area contributed by atoms with E-state index in [2.05, 4.69) is 17.3 Å². The van der Waals surface area contributed by atoms with Crippen LogP contribution in [0.25, 0.3) is 0 Å². The maximum absolute atomic E-state index is 12.0. The van der Waals surface area contributed by atoms with Crippen LogP contribution in [0.2, 0.25) is 0 Å². The monoisotopic (exact) mass is 267 g/mol. The van der Waals surface area contributed by atoms with Crippen molar-refractivity contribution in [3.05, 3.63) is 0 Å². The Morgan fingerprint density at radius 2 is 1.89 bits per heavy atom. The van der Waals surface area contributed by atoms with Crippen molar-refractivity contribution >= 4 is 5.91 Å². The molecular weight excluding hydrogens is 238 g/mol. The third-order valence-corrected chi connectivity index (χ3v) is 4.89. The molecule has 0 heterocycles. The van der Waals surface area contributed by atoms with Gasteiger partial charge in [0.2, 0.25) is 5.91 Å². The van der Waals surface area contributed by atoms with Gasteiger partial charge in [-0.3, -0.25) is 9.69 Å². The van der Waals surface area contributed by atoms with Gasteiger partial charge in [0.25, 0.3) is 0 Å². The molecule has 0 aromatic rings. The number of hydrogen-bond donors (Lipinski definition) is 2. The maximum Gasteiger partial charge on any atom is 0.234 e. The molecule has 0 spiro atoms. The highest BCUT2D eigenvalue weighted by Crippen LogP contribution is 2.31. The van der Waals surface area contributed by atoms with Gasteiger partial charge >= 0.3 is 0 Å². The molecule has 19 heavy (non-hydrogen) atoms. The van der Waals surface area contributed by atoms with E-state index in [0.717, 1.165) is 25.3 Å². The van der Waals surface area contributed by atoms with Crippen molar-refractivity contribution in [1.82, 2.24) is 10.2 Å². The SMILES string of the molecule is CN(CC(=O)NCC1CC1)C1(CN)CCCCCC1. The fourth-order valence-electron chi connectivity index (χ4n) is 3.15. The highest BCUT2D eigenvalue weighted by molar-refractivity contribution is 5.78. The first-order chi connectivity index (χ1) is 9.16. The second-order valence-electron chi connectivity index (χ2n) is 6.45. The minimum absolute atomic E-state index is 0.0490. The lowest BCUT2D eigenvalue weighted by Crippen LogP contribution is -2.54. The minimum Gasteiger partial charge on any atom is -0.355 e. The van der Waals surface area contributed by atoms with E-state index in [1.807, 2.05) is 0 Å². The number of carbonyl (C=O) groups is 1. The van der Waals surface area contributed by atoms with Crippen molar-refractivity contribution in [3.63, 3.8) is 0 Å². The molecule has 0 saturated heterocycles. The molecule has 0 unspecified atom stereocenters. The van der Waals surface area contributed by atoms with Gasteiger partial charge in [-0.2, -0.15) is 0 Å². The molecule has 2 aliphatic carbocycles. The second kappa shape index (κ2) is 6.71. The number of amides is 1. The molecule has 2 fully saturated rings. The van der Waals surface area contributed by atoms with Crippen molar-refractivity contribution < 1.29 is 4.79 Å². The highest BCUT2D eigenvalue weighted by Gasteiger charge is 2.34. The Balaban J connectivity index is 1.83. The summed E-state index contributed by atoms with van der Waals surface area (Å²) in [5.74, 6) is 0.905. The summed E-state index contributed by atoms with van der Waals surface area (Å²) in [6, 6.07) is 0. The molecule has 1 amide bonds. The van der Waals surface area contributed by atoms with Crippen LogP contribution in [0.3, 0.4) is 0 Å². The standard InChI is InChI=1S/C15H29N3O/c1-18(11-14(19)17-10-13-6-7-13)15(12-16)8-4-2-3-5-9-15/h13H,2-12,16H2,1H3,(H,17,19). The largest absolute Gasteiger partial charge is 0.355 e. The molecule has 0 aromatic carbocycles. The Morgan fingerprint density at radius 1 is 1.26 bits per heavy atom. The molecule has 110 valence electrons. The predicted molar refractivity (Wildman–Crippen MR) is 77.9 cm³/mol. The molecule has 0 radical (unpaired) electrons. The first-order valence-corrected chi connectivity index (χ1v) is 7.84. The predicted octanol–water partition coefficient (Wildman–Crippen LogP) is 1.50. The zero-order chi connectivity index (χ0) is 13.7. The molecule has 3 N–H and O–H groups in total. The number of nitrogens with one attached hydrogen (secondary N) is 1. The van der Waals surface area contributed by atoms with E-state index in [0.29, 0.717) is 13.1 Å². The Bertz CT molecular complexity index is 294. The number of nitrogens with two attached hydrogens (primary N) is 1. The number of hydrogen-bond acceptors (Lipinski definition) is 3. The summed E-state index contributed by atoms with van der Waals surface area (Å²) in [5.41, 5.74) is 6.09. The van der Waals surface area contributed by atoms with Crippen molar-refractivity contribution in [2.45, 2.75) is 56.9 Å². The van der Waals surface area contributed by atoms with Gasteiger partial charge < -0.3 is 11.1 Å². The zero-order valence-corrected chi connectivity index (χ0v) is 12.3. The van der Waals surface area contributed by atoms with Crippen LogP contribution in [0.15, 0.2) is 0 Å². The molecule has 4 heteroatoms. The van der Waals surface area contributed by atoms with Crippen LogP contribution in [0.1, 0.15) is 51.4 Å². The second-order valence-corrected chi connectivity index (χ2v) is 6.45. The molecule has 2 rings (SSSR count). The third-order valence-electron chi connectivity index (χ3n) is 4.89. The maximum atomic E-state index is 12.0. The van der Waals surface area contributed by atoms with E-state index in [1.54, 1.807) is 0 Å². The molecule has 0 aromatic heterocycles. The molecular formula is C15H29N3O. The molecule has 0 bridgehead atoms. The molecule has 2 aliphatic rings. The van der Waals surface area contributed by atoms with Gasteiger partial charge in [-0.05, 0) is 38.6 Å². The Kier molecular flexibility index (Phi) is 5.22. The Morgan fingerprint density at radius 3 is 2.42 bits per heavy atom. The average molecular weight is 267 g/mol. The fourth-order valence-corrected chi connectivity index (χ4v) is 3.15. The first kappa shape index (κ1) is 14.8. The van der Waals surface area contributed by atoms with Crippen LogP contribution >= 0.6 is 0 Å². The van der Waals surface area contributed by atoms with E-state index in [9.17, 15) is 4.79 Å². The van der Waals surface area contributed by atoms with E-state index in [-0.39, 0.29) is 11.4 Å². The minimum atomic E-state index is 0.0490. The first-order valence-electron chi connectivity index (χ1n) is 7.84. The molecule has 4 nitrogen and oxygen atoms in total. The summed E-state index contributed by atoms with van der Waals surface area (Å²) in [4.78, 5) is 14.2. The average Bonchev–Trinajstić information content (AvgIpc) is 3.23. The van der Waals surface area contributed by atoms with E-state index >= 15 is 0 Å². The lowest BCUT2D eigenvalue weighted by Gasteiger charge is -2.40. The summed E-state index contributed by atoms with van der Waals surface area (Å²) >= 11 is 0. The van der Waals surface area contributed by atoms with Crippen molar-refractivity contribution in [2.24, 2.45) is 11.7 Å². The van der Waals surface area contributed by atoms with Crippen LogP contribution in [-0.4, -0.2) is 43.0 Å². The third kappa shape index (κ3) is 4.18. The van der Waals surface area contributed by atoms with Crippen molar-refractivity contribution in [3.8, 4) is 0 Å². The van der Waals surface area contributed by atoms with E-state index in [1.165, 1.54) is 38.5 Å². The van der Waals surface area contributed by atoms with Gasteiger partial charge in [-0.1, -0.05) is 25.7 Å². The lowest BCUT2D eigenvalue weighted by molar-refractivity contribution is -0.123. The van der Waals surface area contributed by atoms with E-state index < -0.39 is 0 Å². The van der Waals surface area contributed by atoms with Crippen LogP contribution in [0.5, 0.6) is 0 Å². The van der Waals surface area contributed by atoms with Crippen molar-refractivity contribution in [2.75, 3.05) is 26.7 Å². The van der Waals surface area contributed by atoms with Gasteiger partial charge in [0, 0.05) is 18.6 Å². The Labute approximate surface area is 117 Å². The quantitative estimate of drug-likeness (QED) is 0.717.